The average Bonchev–Trinajstić information content (AvgIpc) is 3.17. The maximum Gasteiger partial charge on any atom is 0.306 e. The van der Waals surface area contributed by atoms with E-state index >= 15 is 0 Å². The molecule has 0 aliphatic heterocycles. The standard InChI is InChI=1S/C10H18.C7H12O4/c1-2-6-9(5-1)10-7-3-4-8-10;1-3-11-7(9)5-4-6(8)10-2/h9-10H,1-8H2;3-5H2,1-2H3. The number of carbonyl (C=O) groups is 2. The lowest BCUT2D eigenvalue weighted by molar-refractivity contribution is -0.148. The molecule has 0 spiro atoms. The Kier molecular flexibility index (Phi) is 9.11. The summed E-state index contributed by atoms with van der Waals surface area (Å²) in [6.45, 7) is 2.07. The fourth-order valence-corrected chi connectivity index (χ4v) is 3.40. The molecule has 2 fully saturated rings. The largest absolute Gasteiger partial charge is 0.469 e. The van der Waals surface area contributed by atoms with Gasteiger partial charge in [0, 0.05) is 0 Å². The van der Waals surface area contributed by atoms with Crippen LogP contribution < -0.4 is 0 Å². The van der Waals surface area contributed by atoms with Crippen LogP contribution in [0.25, 0.3) is 0 Å². The van der Waals surface area contributed by atoms with Gasteiger partial charge in [-0.1, -0.05) is 51.4 Å². The molecule has 0 bridgehead atoms. The molecule has 0 aromatic heterocycles. The summed E-state index contributed by atoms with van der Waals surface area (Å²) in [5.74, 6) is 1.56. The molecule has 0 unspecified atom stereocenters. The first-order valence-electron chi connectivity index (χ1n) is 8.39. The highest BCUT2D eigenvalue weighted by Gasteiger charge is 2.26. The molecule has 2 aliphatic carbocycles. The predicted molar refractivity (Wildman–Crippen MR) is 81.8 cm³/mol. The van der Waals surface area contributed by atoms with Crippen molar-refractivity contribution >= 4 is 11.9 Å². The zero-order valence-electron chi connectivity index (χ0n) is 13.6. The Balaban J connectivity index is 0.000000210. The van der Waals surface area contributed by atoms with Gasteiger partial charge in [0.05, 0.1) is 26.6 Å². The quantitative estimate of drug-likeness (QED) is 0.723. The summed E-state index contributed by atoms with van der Waals surface area (Å²) in [6.07, 6.45) is 12.5. The minimum atomic E-state index is -0.391. The van der Waals surface area contributed by atoms with Crippen molar-refractivity contribution in [2.45, 2.75) is 71.1 Å². The van der Waals surface area contributed by atoms with E-state index in [1.807, 2.05) is 0 Å². The Morgan fingerprint density at radius 2 is 1.29 bits per heavy atom. The molecule has 4 nitrogen and oxygen atoms in total. The normalized spacial score (nSPS) is 19.0. The van der Waals surface area contributed by atoms with Crippen LogP contribution in [0.5, 0.6) is 0 Å². The molecule has 0 atom stereocenters. The number of esters is 2. The van der Waals surface area contributed by atoms with Gasteiger partial charge in [-0.05, 0) is 18.8 Å². The molecular formula is C17H30O4. The first-order chi connectivity index (χ1) is 10.2. The third-order valence-electron chi connectivity index (χ3n) is 4.53. The molecule has 0 N–H and O–H groups in total. The first kappa shape index (κ1) is 18.0. The van der Waals surface area contributed by atoms with Crippen molar-refractivity contribution in [1.82, 2.24) is 0 Å². The number of carbonyl (C=O) groups excluding carboxylic acids is 2. The fourth-order valence-electron chi connectivity index (χ4n) is 3.40. The molecule has 21 heavy (non-hydrogen) atoms. The number of ether oxygens (including phenoxy) is 2. The summed E-state index contributed by atoms with van der Waals surface area (Å²) in [4.78, 5) is 21.1. The Hall–Kier alpha value is -1.06. The van der Waals surface area contributed by atoms with Gasteiger partial charge in [0.1, 0.15) is 0 Å². The first-order valence-corrected chi connectivity index (χ1v) is 8.39. The van der Waals surface area contributed by atoms with Gasteiger partial charge in [-0.2, -0.15) is 0 Å². The van der Waals surface area contributed by atoms with Gasteiger partial charge in [-0.15, -0.1) is 0 Å². The van der Waals surface area contributed by atoms with Crippen molar-refractivity contribution in [3.8, 4) is 0 Å². The van der Waals surface area contributed by atoms with Crippen LogP contribution in [-0.2, 0) is 19.1 Å². The van der Waals surface area contributed by atoms with E-state index in [1.165, 1.54) is 32.8 Å². The number of methoxy groups -OCH3 is 1. The SMILES string of the molecule is C1CCC(C2CCCC2)C1.CCOC(=O)CCC(=O)OC. The molecule has 122 valence electrons. The maximum atomic E-state index is 10.6. The van der Waals surface area contributed by atoms with Gasteiger partial charge in [0.2, 0.25) is 0 Å². The lowest BCUT2D eigenvalue weighted by Crippen LogP contribution is -2.08. The number of hydrogen-bond donors (Lipinski definition) is 0. The molecule has 0 amide bonds. The van der Waals surface area contributed by atoms with Crippen LogP contribution in [0.3, 0.4) is 0 Å². The molecule has 4 heteroatoms. The van der Waals surface area contributed by atoms with E-state index in [1.54, 1.807) is 32.6 Å². The second-order valence-electron chi connectivity index (χ2n) is 5.97. The summed E-state index contributed by atoms with van der Waals surface area (Å²) in [5.41, 5.74) is 0. The van der Waals surface area contributed by atoms with Crippen molar-refractivity contribution in [3.05, 3.63) is 0 Å². The van der Waals surface area contributed by atoms with E-state index in [0.29, 0.717) is 6.61 Å². The maximum absolute atomic E-state index is 10.6. The topological polar surface area (TPSA) is 52.6 Å². The molecule has 0 radical (unpaired) electrons. The second kappa shape index (κ2) is 10.6. The highest BCUT2D eigenvalue weighted by atomic mass is 16.5. The van der Waals surface area contributed by atoms with Crippen molar-refractivity contribution in [2.75, 3.05) is 13.7 Å². The summed E-state index contributed by atoms with van der Waals surface area (Å²) >= 11 is 0. The lowest BCUT2D eigenvalue weighted by Gasteiger charge is -2.16. The van der Waals surface area contributed by atoms with E-state index in [-0.39, 0.29) is 18.8 Å². The van der Waals surface area contributed by atoms with Crippen LogP contribution in [0.2, 0.25) is 0 Å². The zero-order valence-corrected chi connectivity index (χ0v) is 13.6. The summed E-state index contributed by atoms with van der Waals surface area (Å²) in [7, 11) is 1.29. The zero-order chi connectivity index (χ0) is 15.5. The predicted octanol–water partition coefficient (Wildman–Crippen LogP) is 3.87. The van der Waals surface area contributed by atoms with E-state index < -0.39 is 5.97 Å². The molecule has 2 rings (SSSR count). The molecule has 0 aromatic rings. The minimum absolute atomic E-state index is 0.0926. The highest BCUT2D eigenvalue weighted by Crippen LogP contribution is 2.39. The summed E-state index contributed by atoms with van der Waals surface area (Å²) < 4.78 is 8.92. The van der Waals surface area contributed by atoms with Crippen LogP contribution in [0, 0.1) is 11.8 Å². The summed E-state index contributed by atoms with van der Waals surface area (Å²) in [6, 6.07) is 0. The van der Waals surface area contributed by atoms with Gasteiger partial charge >= 0.3 is 11.9 Å². The Bertz CT molecular complexity index is 288. The van der Waals surface area contributed by atoms with E-state index in [9.17, 15) is 9.59 Å². The van der Waals surface area contributed by atoms with Gasteiger partial charge in [-0.3, -0.25) is 9.59 Å². The molecule has 2 aliphatic rings. The minimum Gasteiger partial charge on any atom is -0.469 e. The smallest absolute Gasteiger partial charge is 0.306 e. The van der Waals surface area contributed by atoms with E-state index in [0.717, 1.165) is 11.8 Å². The van der Waals surface area contributed by atoms with Crippen molar-refractivity contribution in [1.29, 1.82) is 0 Å². The molecule has 0 aromatic carbocycles. The molecule has 2 saturated carbocycles. The Morgan fingerprint density at radius 1 is 0.857 bits per heavy atom. The van der Waals surface area contributed by atoms with Crippen molar-refractivity contribution < 1.29 is 19.1 Å². The lowest BCUT2D eigenvalue weighted by atomic mass is 9.90. The fraction of sp³-hybridized carbons (Fsp3) is 0.882. The van der Waals surface area contributed by atoms with Gasteiger partial charge in [-0.25, -0.2) is 0 Å². The van der Waals surface area contributed by atoms with Gasteiger partial charge < -0.3 is 9.47 Å². The highest BCUT2D eigenvalue weighted by molar-refractivity contribution is 5.77. The van der Waals surface area contributed by atoms with Crippen LogP contribution in [-0.4, -0.2) is 25.7 Å². The number of rotatable bonds is 5. The van der Waals surface area contributed by atoms with E-state index in [4.69, 9.17) is 0 Å². The third kappa shape index (κ3) is 7.49. The Labute approximate surface area is 128 Å². The second-order valence-corrected chi connectivity index (χ2v) is 5.97. The van der Waals surface area contributed by atoms with Crippen LogP contribution in [0.4, 0.5) is 0 Å². The monoisotopic (exact) mass is 298 g/mol. The van der Waals surface area contributed by atoms with Crippen LogP contribution in [0.15, 0.2) is 0 Å². The summed E-state index contributed by atoms with van der Waals surface area (Å²) in [5, 5.41) is 0. The van der Waals surface area contributed by atoms with Gasteiger partial charge in [0.25, 0.3) is 0 Å². The average molecular weight is 298 g/mol. The molecule has 0 heterocycles. The number of hydrogen-bond acceptors (Lipinski definition) is 4. The molecule has 0 saturated heterocycles. The van der Waals surface area contributed by atoms with Gasteiger partial charge in [0.15, 0.2) is 0 Å². The van der Waals surface area contributed by atoms with Crippen molar-refractivity contribution in [3.63, 3.8) is 0 Å². The third-order valence-corrected chi connectivity index (χ3v) is 4.53. The Morgan fingerprint density at radius 3 is 1.67 bits per heavy atom. The van der Waals surface area contributed by atoms with Crippen LogP contribution >= 0.6 is 0 Å². The van der Waals surface area contributed by atoms with E-state index in [2.05, 4.69) is 9.47 Å². The molecular weight excluding hydrogens is 268 g/mol. The van der Waals surface area contributed by atoms with Crippen molar-refractivity contribution in [2.24, 2.45) is 11.8 Å². The van der Waals surface area contributed by atoms with Crippen LogP contribution in [0.1, 0.15) is 71.1 Å².